The van der Waals surface area contributed by atoms with Gasteiger partial charge in [-0.3, -0.25) is 4.79 Å². The van der Waals surface area contributed by atoms with E-state index in [0.29, 0.717) is 31.3 Å². The van der Waals surface area contributed by atoms with Crippen molar-refractivity contribution in [1.82, 2.24) is 5.32 Å². The molecule has 0 saturated heterocycles. The number of rotatable bonds is 4. The molecule has 1 amide bonds. The lowest BCUT2D eigenvalue weighted by atomic mass is 10.1. The fraction of sp³-hybridized carbons (Fsp3) is 0.462. The average Bonchev–Trinajstić information content (AvgIpc) is 2.43. The molecule has 5 heteroatoms. The molecule has 1 atom stereocenters. The van der Waals surface area contributed by atoms with Crippen LogP contribution in [0.25, 0.3) is 0 Å². The number of amides is 1. The number of nitrogens with one attached hydrogen (secondary N) is 1. The second-order valence-electron chi connectivity index (χ2n) is 4.06. The molecule has 0 bridgehead atoms. The summed E-state index contributed by atoms with van der Waals surface area (Å²) in [5.74, 6) is 1.16. The van der Waals surface area contributed by atoms with Gasteiger partial charge < -0.3 is 14.8 Å². The van der Waals surface area contributed by atoms with Crippen LogP contribution in [-0.4, -0.2) is 25.7 Å². The van der Waals surface area contributed by atoms with Gasteiger partial charge in [-0.25, -0.2) is 0 Å². The van der Waals surface area contributed by atoms with Crippen molar-refractivity contribution in [3.05, 3.63) is 23.8 Å². The third-order valence-electron chi connectivity index (χ3n) is 2.64. The number of ether oxygens (including phenoxy) is 2. The normalized spacial score (nSPS) is 15.0. The highest BCUT2D eigenvalue weighted by Crippen LogP contribution is 2.34. The Morgan fingerprint density at radius 1 is 1.39 bits per heavy atom. The number of benzene rings is 1. The quantitative estimate of drug-likeness (QED) is 0.853. The molecule has 1 aliphatic rings. The van der Waals surface area contributed by atoms with Crippen molar-refractivity contribution in [2.75, 3.05) is 19.8 Å². The minimum absolute atomic E-state index is 0.185. The van der Waals surface area contributed by atoms with E-state index < -0.39 is 5.38 Å². The molecule has 0 radical (unpaired) electrons. The highest BCUT2D eigenvalue weighted by Gasteiger charge is 2.20. The SMILES string of the molecule is CCCNC(=O)C(Cl)c1ccc2c(c1)OCCO2. The molecule has 1 N–H and O–H groups in total. The van der Waals surface area contributed by atoms with Crippen LogP contribution in [-0.2, 0) is 4.79 Å². The number of fused-ring (bicyclic) bond motifs is 1. The van der Waals surface area contributed by atoms with Crippen LogP contribution in [0, 0.1) is 0 Å². The van der Waals surface area contributed by atoms with Crippen molar-refractivity contribution in [1.29, 1.82) is 0 Å². The van der Waals surface area contributed by atoms with Crippen LogP contribution in [0.3, 0.4) is 0 Å². The Bertz CT molecular complexity index is 436. The highest BCUT2D eigenvalue weighted by molar-refractivity contribution is 6.30. The smallest absolute Gasteiger partial charge is 0.242 e. The molecule has 0 saturated carbocycles. The fourth-order valence-corrected chi connectivity index (χ4v) is 1.92. The van der Waals surface area contributed by atoms with E-state index in [1.807, 2.05) is 6.92 Å². The van der Waals surface area contributed by atoms with Gasteiger partial charge in [0.25, 0.3) is 0 Å². The first-order valence-electron chi connectivity index (χ1n) is 6.03. The van der Waals surface area contributed by atoms with Crippen LogP contribution in [0.1, 0.15) is 24.3 Å². The second-order valence-corrected chi connectivity index (χ2v) is 4.49. The van der Waals surface area contributed by atoms with Crippen LogP contribution >= 0.6 is 11.6 Å². The van der Waals surface area contributed by atoms with Crippen LogP contribution in [0.4, 0.5) is 0 Å². The van der Waals surface area contributed by atoms with Crippen LogP contribution in [0.15, 0.2) is 18.2 Å². The summed E-state index contributed by atoms with van der Waals surface area (Å²) < 4.78 is 10.9. The van der Waals surface area contributed by atoms with Crippen molar-refractivity contribution in [2.24, 2.45) is 0 Å². The number of hydrogen-bond donors (Lipinski definition) is 1. The van der Waals surface area contributed by atoms with Gasteiger partial charge in [0, 0.05) is 6.54 Å². The van der Waals surface area contributed by atoms with Gasteiger partial charge in [-0.1, -0.05) is 13.0 Å². The molecule has 4 nitrogen and oxygen atoms in total. The lowest BCUT2D eigenvalue weighted by molar-refractivity contribution is -0.120. The van der Waals surface area contributed by atoms with E-state index in [1.165, 1.54) is 0 Å². The molecule has 1 heterocycles. The predicted molar refractivity (Wildman–Crippen MR) is 69.3 cm³/mol. The number of carbonyl (C=O) groups excluding carboxylic acids is 1. The summed E-state index contributed by atoms with van der Waals surface area (Å²) in [5.41, 5.74) is 0.717. The summed E-state index contributed by atoms with van der Waals surface area (Å²) in [7, 11) is 0. The third kappa shape index (κ3) is 2.88. The molecule has 18 heavy (non-hydrogen) atoms. The average molecular weight is 270 g/mol. The first-order valence-corrected chi connectivity index (χ1v) is 6.47. The second kappa shape index (κ2) is 5.96. The first kappa shape index (κ1) is 13.0. The molecule has 0 fully saturated rings. The van der Waals surface area contributed by atoms with Gasteiger partial charge in [0.15, 0.2) is 11.5 Å². The number of halogens is 1. The molecule has 1 unspecified atom stereocenters. The minimum Gasteiger partial charge on any atom is -0.486 e. The Hall–Kier alpha value is -1.42. The summed E-state index contributed by atoms with van der Waals surface area (Å²) in [6.45, 7) is 3.69. The third-order valence-corrected chi connectivity index (χ3v) is 3.09. The van der Waals surface area contributed by atoms with E-state index in [-0.39, 0.29) is 5.91 Å². The molecule has 0 spiro atoms. The Morgan fingerprint density at radius 2 is 2.11 bits per heavy atom. The molecule has 98 valence electrons. The van der Waals surface area contributed by atoms with E-state index in [4.69, 9.17) is 21.1 Å². The van der Waals surface area contributed by atoms with Gasteiger partial charge in [-0.2, -0.15) is 0 Å². The zero-order valence-electron chi connectivity index (χ0n) is 10.2. The number of carbonyl (C=O) groups is 1. The summed E-state index contributed by atoms with van der Waals surface area (Å²) >= 11 is 6.13. The number of hydrogen-bond acceptors (Lipinski definition) is 3. The molecule has 1 aromatic rings. The molecular formula is C13H16ClNO3. The maximum Gasteiger partial charge on any atom is 0.242 e. The molecular weight excluding hydrogens is 254 g/mol. The maximum absolute atomic E-state index is 11.8. The van der Waals surface area contributed by atoms with Crippen molar-refractivity contribution >= 4 is 17.5 Å². The largest absolute Gasteiger partial charge is 0.486 e. The Kier molecular flexibility index (Phi) is 4.31. The van der Waals surface area contributed by atoms with Crippen LogP contribution in [0.2, 0.25) is 0 Å². The molecule has 1 aliphatic heterocycles. The zero-order chi connectivity index (χ0) is 13.0. The van der Waals surface area contributed by atoms with Gasteiger partial charge in [0.2, 0.25) is 5.91 Å². The van der Waals surface area contributed by atoms with Crippen molar-refractivity contribution in [2.45, 2.75) is 18.7 Å². The molecule has 0 aromatic heterocycles. The zero-order valence-corrected chi connectivity index (χ0v) is 11.0. The van der Waals surface area contributed by atoms with Crippen molar-refractivity contribution in [3.63, 3.8) is 0 Å². The van der Waals surface area contributed by atoms with E-state index in [9.17, 15) is 4.79 Å². The van der Waals surface area contributed by atoms with Gasteiger partial charge >= 0.3 is 0 Å². The van der Waals surface area contributed by atoms with E-state index >= 15 is 0 Å². The highest BCUT2D eigenvalue weighted by atomic mass is 35.5. The molecule has 1 aromatic carbocycles. The Balaban J connectivity index is 2.10. The van der Waals surface area contributed by atoms with Crippen molar-refractivity contribution < 1.29 is 14.3 Å². The Labute approximate surface area is 111 Å². The van der Waals surface area contributed by atoms with E-state index in [2.05, 4.69) is 5.32 Å². The lowest BCUT2D eigenvalue weighted by Gasteiger charge is -2.19. The Morgan fingerprint density at radius 3 is 2.83 bits per heavy atom. The summed E-state index contributed by atoms with van der Waals surface area (Å²) in [5, 5.41) is 2.07. The monoisotopic (exact) mass is 269 g/mol. The van der Waals surface area contributed by atoms with Crippen LogP contribution < -0.4 is 14.8 Å². The lowest BCUT2D eigenvalue weighted by Crippen LogP contribution is -2.27. The standard InChI is InChI=1S/C13H16ClNO3/c1-2-5-15-13(16)12(14)9-3-4-10-11(8-9)18-7-6-17-10/h3-4,8,12H,2,5-7H2,1H3,(H,15,16). The number of alkyl halides is 1. The van der Waals surface area contributed by atoms with Gasteiger partial charge in [0.05, 0.1) is 0 Å². The first-order chi connectivity index (χ1) is 8.72. The summed E-state index contributed by atoms with van der Waals surface area (Å²) in [6, 6.07) is 5.33. The summed E-state index contributed by atoms with van der Waals surface area (Å²) in [4.78, 5) is 11.8. The van der Waals surface area contributed by atoms with Crippen LogP contribution in [0.5, 0.6) is 11.5 Å². The van der Waals surface area contributed by atoms with Gasteiger partial charge in [0.1, 0.15) is 18.6 Å². The molecule has 0 aliphatic carbocycles. The predicted octanol–water partition coefficient (Wildman–Crippen LogP) is 2.26. The van der Waals surface area contributed by atoms with Gasteiger partial charge in [-0.15, -0.1) is 11.6 Å². The maximum atomic E-state index is 11.8. The fourth-order valence-electron chi connectivity index (χ4n) is 1.71. The summed E-state index contributed by atoms with van der Waals surface area (Å²) in [6.07, 6.45) is 0.885. The van der Waals surface area contributed by atoms with Gasteiger partial charge in [-0.05, 0) is 24.1 Å². The van der Waals surface area contributed by atoms with E-state index in [1.54, 1.807) is 18.2 Å². The topological polar surface area (TPSA) is 47.6 Å². The van der Waals surface area contributed by atoms with Crippen molar-refractivity contribution in [3.8, 4) is 11.5 Å². The molecule has 2 rings (SSSR count). The van der Waals surface area contributed by atoms with E-state index in [0.717, 1.165) is 12.0 Å². The minimum atomic E-state index is -0.702.